The number of piperidine rings is 1. The topological polar surface area (TPSA) is 72.1 Å². The Morgan fingerprint density at radius 3 is 2.69 bits per heavy atom. The van der Waals surface area contributed by atoms with E-state index in [0.717, 1.165) is 43.2 Å². The van der Waals surface area contributed by atoms with Crippen molar-refractivity contribution in [2.45, 2.75) is 26.2 Å². The lowest BCUT2D eigenvalue weighted by molar-refractivity contribution is 0.0687. The molecule has 88 valence electrons. The molecule has 1 aromatic rings. The van der Waals surface area contributed by atoms with Crippen molar-refractivity contribution in [3.63, 3.8) is 0 Å². The molecule has 1 amide bonds. The third-order valence-corrected chi connectivity index (χ3v) is 3.84. The fourth-order valence-electron chi connectivity index (χ4n) is 2.00. The molecule has 0 aromatic carbocycles. The number of rotatable bonds is 2. The number of nitrogens with zero attached hydrogens (tertiary/aromatic N) is 3. The van der Waals surface area contributed by atoms with Gasteiger partial charge in [-0.05, 0) is 18.8 Å². The zero-order valence-corrected chi connectivity index (χ0v) is 10.2. The van der Waals surface area contributed by atoms with E-state index in [9.17, 15) is 4.79 Å². The van der Waals surface area contributed by atoms with Gasteiger partial charge in [-0.2, -0.15) is 0 Å². The van der Waals surface area contributed by atoms with Crippen LogP contribution in [0.2, 0.25) is 0 Å². The smallest absolute Gasteiger partial charge is 0.284 e. The quantitative estimate of drug-likeness (QED) is 0.847. The van der Waals surface area contributed by atoms with Crippen LogP contribution in [0.3, 0.4) is 0 Å². The van der Waals surface area contributed by atoms with Gasteiger partial charge in [-0.15, -0.1) is 10.2 Å². The van der Waals surface area contributed by atoms with Crippen molar-refractivity contribution >= 4 is 22.4 Å². The molecule has 1 saturated heterocycles. The molecule has 1 aromatic heterocycles. The molecule has 1 aliphatic rings. The van der Waals surface area contributed by atoms with E-state index in [2.05, 4.69) is 17.1 Å². The maximum absolute atomic E-state index is 12.0. The second-order valence-electron chi connectivity index (χ2n) is 4.09. The van der Waals surface area contributed by atoms with Crippen LogP contribution in [0.4, 0.5) is 5.13 Å². The number of nitrogen functional groups attached to an aromatic ring is 1. The molecule has 0 saturated carbocycles. The van der Waals surface area contributed by atoms with Gasteiger partial charge in [-0.1, -0.05) is 24.7 Å². The number of carbonyl (C=O) groups excluding carboxylic acids is 1. The fourth-order valence-corrected chi connectivity index (χ4v) is 2.58. The van der Waals surface area contributed by atoms with Crippen molar-refractivity contribution in [2.75, 3.05) is 18.8 Å². The van der Waals surface area contributed by atoms with Gasteiger partial charge >= 0.3 is 0 Å². The van der Waals surface area contributed by atoms with E-state index >= 15 is 0 Å². The van der Waals surface area contributed by atoms with E-state index in [4.69, 9.17) is 5.73 Å². The van der Waals surface area contributed by atoms with Gasteiger partial charge in [0.1, 0.15) is 0 Å². The minimum Gasteiger partial charge on any atom is -0.374 e. The number of anilines is 1. The highest BCUT2D eigenvalue weighted by molar-refractivity contribution is 7.16. The van der Waals surface area contributed by atoms with E-state index in [0.29, 0.717) is 10.1 Å². The molecule has 6 heteroatoms. The van der Waals surface area contributed by atoms with Crippen LogP contribution < -0.4 is 5.73 Å². The molecule has 0 bridgehead atoms. The van der Waals surface area contributed by atoms with E-state index in [1.54, 1.807) is 0 Å². The molecule has 0 atom stereocenters. The number of nitrogens with two attached hydrogens (primary N) is 1. The van der Waals surface area contributed by atoms with Crippen molar-refractivity contribution < 1.29 is 4.79 Å². The van der Waals surface area contributed by atoms with Gasteiger partial charge in [0.2, 0.25) is 10.1 Å². The summed E-state index contributed by atoms with van der Waals surface area (Å²) in [6, 6.07) is 0. The summed E-state index contributed by atoms with van der Waals surface area (Å²) in [5.74, 6) is 0.743. The second kappa shape index (κ2) is 4.78. The molecule has 0 unspecified atom stereocenters. The van der Waals surface area contributed by atoms with Crippen LogP contribution in [0.15, 0.2) is 0 Å². The highest BCUT2D eigenvalue weighted by atomic mass is 32.1. The SMILES string of the molecule is CCC1CCN(C(=O)c2nnc(N)s2)CC1. The Hall–Kier alpha value is -1.17. The Balaban J connectivity index is 1.96. The summed E-state index contributed by atoms with van der Waals surface area (Å²) in [6.07, 6.45) is 3.39. The number of aromatic nitrogens is 2. The lowest BCUT2D eigenvalue weighted by atomic mass is 9.94. The average molecular weight is 240 g/mol. The Morgan fingerprint density at radius 1 is 1.50 bits per heavy atom. The zero-order chi connectivity index (χ0) is 11.5. The van der Waals surface area contributed by atoms with Gasteiger partial charge in [-0.25, -0.2) is 0 Å². The first-order valence-corrected chi connectivity index (χ1v) is 6.40. The predicted octanol–water partition coefficient (Wildman–Crippen LogP) is 1.38. The van der Waals surface area contributed by atoms with Gasteiger partial charge in [0.05, 0.1) is 0 Å². The van der Waals surface area contributed by atoms with Crippen molar-refractivity contribution in [3.05, 3.63) is 5.01 Å². The van der Waals surface area contributed by atoms with Crippen LogP contribution in [0.1, 0.15) is 36.0 Å². The molecular formula is C10H16N4OS. The monoisotopic (exact) mass is 240 g/mol. The lowest BCUT2D eigenvalue weighted by Crippen LogP contribution is -2.38. The first-order chi connectivity index (χ1) is 7.70. The highest BCUT2D eigenvalue weighted by Gasteiger charge is 2.24. The molecule has 1 aliphatic heterocycles. The summed E-state index contributed by atoms with van der Waals surface area (Å²) in [5.41, 5.74) is 5.46. The van der Waals surface area contributed by atoms with Crippen LogP contribution in [0.25, 0.3) is 0 Å². The Kier molecular flexibility index (Phi) is 3.38. The first kappa shape index (κ1) is 11.3. The fraction of sp³-hybridized carbons (Fsp3) is 0.700. The Bertz CT molecular complexity index is 371. The van der Waals surface area contributed by atoms with Crippen LogP contribution in [-0.2, 0) is 0 Å². The lowest BCUT2D eigenvalue weighted by Gasteiger charge is -2.30. The molecule has 5 nitrogen and oxygen atoms in total. The molecule has 0 aliphatic carbocycles. The van der Waals surface area contributed by atoms with Gasteiger partial charge in [0, 0.05) is 13.1 Å². The number of likely N-dealkylation sites (tertiary alicyclic amines) is 1. The zero-order valence-electron chi connectivity index (χ0n) is 9.35. The van der Waals surface area contributed by atoms with Crippen LogP contribution in [0, 0.1) is 5.92 Å². The average Bonchev–Trinajstić information content (AvgIpc) is 2.75. The summed E-state index contributed by atoms with van der Waals surface area (Å²) in [4.78, 5) is 13.8. The molecule has 1 fully saturated rings. The van der Waals surface area contributed by atoms with Crippen molar-refractivity contribution in [2.24, 2.45) is 5.92 Å². The number of amides is 1. The normalized spacial score (nSPS) is 17.7. The predicted molar refractivity (Wildman–Crippen MR) is 63.2 cm³/mol. The summed E-state index contributed by atoms with van der Waals surface area (Å²) in [6.45, 7) is 3.86. The van der Waals surface area contributed by atoms with Crippen molar-refractivity contribution in [1.82, 2.24) is 15.1 Å². The van der Waals surface area contributed by atoms with Gasteiger partial charge in [-0.3, -0.25) is 4.79 Å². The number of carbonyl (C=O) groups is 1. The largest absolute Gasteiger partial charge is 0.374 e. The maximum Gasteiger partial charge on any atom is 0.284 e. The summed E-state index contributed by atoms with van der Waals surface area (Å²) in [7, 11) is 0. The molecule has 16 heavy (non-hydrogen) atoms. The van der Waals surface area contributed by atoms with E-state index in [-0.39, 0.29) is 5.91 Å². The molecular weight excluding hydrogens is 224 g/mol. The Labute approximate surface area is 98.7 Å². The van der Waals surface area contributed by atoms with Gasteiger partial charge in [0.15, 0.2) is 0 Å². The minimum absolute atomic E-state index is 0.0243. The summed E-state index contributed by atoms with van der Waals surface area (Å²) < 4.78 is 0. The summed E-state index contributed by atoms with van der Waals surface area (Å²) >= 11 is 1.16. The standard InChI is InChI=1S/C10H16N4OS/c1-2-7-3-5-14(6-4-7)9(15)8-12-13-10(11)16-8/h7H,2-6H2,1H3,(H2,11,13). The number of hydrogen-bond acceptors (Lipinski definition) is 5. The number of hydrogen-bond donors (Lipinski definition) is 1. The van der Waals surface area contributed by atoms with Gasteiger partial charge < -0.3 is 10.6 Å². The van der Waals surface area contributed by atoms with Crippen molar-refractivity contribution in [1.29, 1.82) is 0 Å². The molecule has 2 heterocycles. The maximum atomic E-state index is 12.0. The van der Waals surface area contributed by atoms with Crippen molar-refractivity contribution in [3.8, 4) is 0 Å². The Morgan fingerprint density at radius 2 is 2.19 bits per heavy atom. The van der Waals surface area contributed by atoms with Gasteiger partial charge in [0.25, 0.3) is 5.91 Å². The second-order valence-corrected chi connectivity index (χ2v) is 5.10. The molecule has 0 radical (unpaired) electrons. The minimum atomic E-state index is -0.0243. The van der Waals surface area contributed by atoms with Crippen LogP contribution in [-0.4, -0.2) is 34.1 Å². The van der Waals surface area contributed by atoms with E-state index in [1.807, 2.05) is 4.90 Å². The molecule has 2 N–H and O–H groups in total. The first-order valence-electron chi connectivity index (χ1n) is 5.59. The van der Waals surface area contributed by atoms with E-state index < -0.39 is 0 Å². The third-order valence-electron chi connectivity index (χ3n) is 3.10. The molecule has 0 spiro atoms. The highest BCUT2D eigenvalue weighted by Crippen LogP contribution is 2.22. The summed E-state index contributed by atoms with van der Waals surface area (Å²) in [5, 5.41) is 8.21. The van der Waals surface area contributed by atoms with Crippen LogP contribution in [0.5, 0.6) is 0 Å². The van der Waals surface area contributed by atoms with E-state index in [1.165, 1.54) is 6.42 Å². The third kappa shape index (κ3) is 2.32. The molecule has 2 rings (SSSR count). The van der Waals surface area contributed by atoms with Crippen LogP contribution >= 0.6 is 11.3 Å².